The summed E-state index contributed by atoms with van der Waals surface area (Å²) in [6.45, 7) is 0. The lowest BCUT2D eigenvalue weighted by Gasteiger charge is -2.08. The van der Waals surface area contributed by atoms with Crippen LogP contribution in [0.25, 0.3) is 22.0 Å². The van der Waals surface area contributed by atoms with Gasteiger partial charge in [-0.05, 0) is 17.2 Å². The van der Waals surface area contributed by atoms with Gasteiger partial charge < -0.3 is 0 Å². The first-order valence-corrected chi connectivity index (χ1v) is 6.53. The maximum atomic E-state index is 12.1. The van der Waals surface area contributed by atoms with Gasteiger partial charge in [-0.15, -0.1) is 13.2 Å². The number of halogens is 3. The summed E-state index contributed by atoms with van der Waals surface area (Å²) in [5.41, 5.74) is 3.19. The van der Waals surface area contributed by atoms with Crippen LogP contribution in [0.2, 0.25) is 0 Å². The van der Waals surface area contributed by atoms with E-state index in [0.717, 1.165) is 5.56 Å². The van der Waals surface area contributed by atoms with Crippen LogP contribution in [0.1, 0.15) is 10.5 Å². The Kier molecular flexibility index (Phi) is 3.75. The first-order chi connectivity index (χ1) is 11.0. The number of aromatic nitrogens is 2. The summed E-state index contributed by atoms with van der Waals surface area (Å²) in [6.07, 6.45) is -4.97. The summed E-state index contributed by atoms with van der Waals surface area (Å²) in [5.74, 6) is -1.09. The molecule has 1 amide bonds. The largest absolute Gasteiger partial charge is 0.543 e. The molecule has 5 nitrogen and oxygen atoms in total. The lowest BCUT2D eigenvalue weighted by Crippen LogP contribution is -2.31. The molecule has 0 aliphatic carbocycles. The van der Waals surface area contributed by atoms with E-state index in [0.29, 0.717) is 16.5 Å². The smallest absolute Gasteiger partial charge is 0.277 e. The molecule has 0 radical (unpaired) electrons. The van der Waals surface area contributed by atoms with Gasteiger partial charge in [-0.1, -0.05) is 42.5 Å². The summed E-state index contributed by atoms with van der Waals surface area (Å²) < 4.78 is 36.2. The van der Waals surface area contributed by atoms with Crippen molar-refractivity contribution in [2.45, 2.75) is 6.36 Å². The van der Waals surface area contributed by atoms with Gasteiger partial charge in [0.25, 0.3) is 5.91 Å². The van der Waals surface area contributed by atoms with E-state index in [2.05, 4.69) is 15.0 Å². The average molecular weight is 321 g/mol. The minimum Gasteiger partial charge on any atom is -0.277 e. The third-order valence-corrected chi connectivity index (χ3v) is 3.15. The lowest BCUT2D eigenvalue weighted by atomic mass is 10.00. The molecule has 0 aliphatic heterocycles. The number of hydrogen-bond acceptors (Lipinski definition) is 3. The first kappa shape index (κ1) is 15.0. The van der Waals surface area contributed by atoms with E-state index in [-0.39, 0.29) is 5.69 Å². The predicted molar refractivity (Wildman–Crippen MR) is 76.1 cm³/mol. The molecule has 8 heteroatoms. The molecule has 3 aromatic rings. The highest BCUT2D eigenvalue weighted by Crippen LogP contribution is 2.30. The van der Waals surface area contributed by atoms with Gasteiger partial charge in [-0.2, -0.15) is 9.94 Å². The van der Waals surface area contributed by atoms with Crippen LogP contribution >= 0.6 is 0 Å². The molecule has 2 aromatic carbocycles. The zero-order valence-corrected chi connectivity index (χ0v) is 11.5. The summed E-state index contributed by atoms with van der Waals surface area (Å²) in [4.78, 5) is 15.3. The number of hydrogen-bond donors (Lipinski definition) is 2. The highest BCUT2D eigenvalue weighted by Gasteiger charge is 2.32. The van der Waals surface area contributed by atoms with Crippen LogP contribution in [0.15, 0.2) is 48.5 Å². The molecule has 1 heterocycles. The van der Waals surface area contributed by atoms with Crippen molar-refractivity contribution in [3.63, 3.8) is 0 Å². The average Bonchev–Trinajstić information content (AvgIpc) is 2.97. The quantitative estimate of drug-likeness (QED) is 0.727. The fourth-order valence-electron chi connectivity index (χ4n) is 2.25. The Morgan fingerprint density at radius 3 is 2.52 bits per heavy atom. The number of aromatic amines is 1. The minimum absolute atomic E-state index is 0.177. The van der Waals surface area contributed by atoms with E-state index in [9.17, 15) is 18.0 Å². The van der Waals surface area contributed by atoms with Gasteiger partial charge in [0.15, 0.2) is 5.69 Å². The van der Waals surface area contributed by atoms with E-state index in [1.807, 2.05) is 30.3 Å². The number of fused-ring (bicyclic) bond motifs is 1. The van der Waals surface area contributed by atoms with Crippen LogP contribution in [0, 0.1) is 0 Å². The number of hydroxylamine groups is 1. The van der Waals surface area contributed by atoms with Gasteiger partial charge >= 0.3 is 6.36 Å². The molecule has 0 atom stereocenters. The summed E-state index contributed by atoms with van der Waals surface area (Å²) in [5, 5.41) is 6.84. The summed E-state index contributed by atoms with van der Waals surface area (Å²) >= 11 is 0. The van der Waals surface area contributed by atoms with Crippen molar-refractivity contribution in [2.24, 2.45) is 0 Å². The molecule has 0 fully saturated rings. The standard InChI is InChI=1S/C15H10F3N3O2/c16-15(17,18)23-21-14(22)13-12-10(9-5-2-1-3-6-9)7-4-8-11(12)19-20-13/h1-8H,(H,19,20)(H,21,22). The zero-order valence-electron chi connectivity index (χ0n) is 11.5. The van der Waals surface area contributed by atoms with E-state index < -0.39 is 12.3 Å². The Morgan fingerprint density at radius 2 is 1.83 bits per heavy atom. The number of H-pyrrole nitrogens is 1. The number of carbonyl (C=O) groups excluding carboxylic acids is 1. The second-order valence-electron chi connectivity index (χ2n) is 4.65. The lowest BCUT2D eigenvalue weighted by molar-refractivity contribution is -0.343. The maximum Gasteiger partial charge on any atom is 0.543 e. The molecule has 0 spiro atoms. The number of nitrogens with one attached hydrogen (secondary N) is 2. The Hall–Kier alpha value is -2.87. The predicted octanol–water partition coefficient (Wildman–Crippen LogP) is 3.41. The number of benzene rings is 2. The van der Waals surface area contributed by atoms with Gasteiger partial charge in [-0.25, -0.2) is 5.48 Å². The van der Waals surface area contributed by atoms with Crippen molar-refractivity contribution in [1.29, 1.82) is 0 Å². The van der Waals surface area contributed by atoms with E-state index in [1.54, 1.807) is 18.2 Å². The molecule has 3 rings (SSSR count). The molecule has 0 bridgehead atoms. The molecule has 2 N–H and O–H groups in total. The van der Waals surface area contributed by atoms with Crippen molar-refractivity contribution in [3.8, 4) is 11.1 Å². The molecule has 23 heavy (non-hydrogen) atoms. The topological polar surface area (TPSA) is 67.0 Å². The number of nitrogens with zero attached hydrogens (tertiary/aromatic N) is 1. The molecule has 0 saturated carbocycles. The number of carbonyl (C=O) groups is 1. The summed E-state index contributed by atoms with van der Waals surface area (Å²) in [6, 6.07) is 14.3. The van der Waals surface area contributed by atoms with Crippen molar-refractivity contribution < 1.29 is 22.8 Å². The van der Waals surface area contributed by atoms with Crippen LogP contribution in [0.5, 0.6) is 0 Å². The molecule has 0 saturated heterocycles. The van der Waals surface area contributed by atoms with E-state index in [4.69, 9.17) is 0 Å². The number of alkyl halides is 3. The maximum absolute atomic E-state index is 12.1. The van der Waals surface area contributed by atoms with Gasteiger partial charge in [0.05, 0.1) is 5.52 Å². The second-order valence-corrected chi connectivity index (χ2v) is 4.65. The third-order valence-electron chi connectivity index (χ3n) is 3.15. The highest BCUT2D eigenvalue weighted by atomic mass is 19.4. The molecule has 0 unspecified atom stereocenters. The van der Waals surface area contributed by atoms with Crippen LogP contribution in [0.3, 0.4) is 0 Å². The van der Waals surface area contributed by atoms with E-state index in [1.165, 1.54) is 5.48 Å². The van der Waals surface area contributed by atoms with Gasteiger partial charge in [0.1, 0.15) is 0 Å². The normalized spacial score (nSPS) is 11.6. The molecule has 1 aromatic heterocycles. The van der Waals surface area contributed by atoms with Crippen LogP contribution in [0.4, 0.5) is 13.2 Å². The van der Waals surface area contributed by atoms with Gasteiger partial charge in [0, 0.05) is 5.39 Å². The van der Waals surface area contributed by atoms with Crippen LogP contribution in [-0.4, -0.2) is 22.5 Å². The Bertz CT molecular complexity index is 844. The fraction of sp³-hybridized carbons (Fsp3) is 0.0667. The molecular weight excluding hydrogens is 311 g/mol. The number of rotatable bonds is 3. The summed E-state index contributed by atoms with van der Waals surface area (Å²) in [7, 11) is 0. The SMILES string of the molecule is O=C(NOC(F)(F)F)c1n[nH]c2cccc(-c3ccccc3)c12. The molecule has 0 aliphatic rings. The number of amides is 1. The zero-order chi connectivity index (χ0) is 16.4. The third kappa shape index (κ3) is 3.16. The van der Waals surface area contributed by atoms with Crippen molar-refractivity contribution in [3.05, 3.63) is 54.2 Å². The molecule has 118 valence electrons. The van der Waals surface area contributed by atoms with Crippen molar-refractivity contribution >= 4 is 16.8 Å². The van der Waals surface area contributed by atoms with E-state index >= 15 is 0 Å². The molecular formula is C15H10F3N3O2. The Balaban J connectivity index is 2.04. The second kappa shape index (κ2) is 5.73. The monoisotopic (exact) mass is 321 g/mol. The minimum atomic E-state index is -4.97. The first-order valence-electron chi connectivity index (χ1n) is 6.53. The highest BCUT2D eigenvalue weighted by molar-refractivity contribution is 6.09. The van der Waals surface area contributed by atoms with Crippen molar-refractivity contribution in [2.75, 3.05) is 0 Å². The van der Waals surface area contributed by atoms with Crippen LogP contribution in [-0.2, 0) is 4.84 Å². The van der Waals surface area contributed by atoms with Crippen molar-refractivity contribution in [1.82, 2.24) is 15.7 Å². The van der Waals surface area contributed by atoms with Crippen LogP contribution < -0.4 is 5.48 Å². The Labute approximate surface area is 128 Å². The Morgan fingerprint density at radius 1 is 1.09 bits per heavy atom. The van der Waals surface area contributed by atoms with Gasteiger partial charge in [0.2, 0.25) is 0 Å². The van der Waals surface area contributed by atoms with Gasteiger partial charge in [-0.3, -0.25) is 9.89 Å². The fourth-order valence-corrected chi connectivity index (χ4v) is 2.25.